The van der Waals surface area contributed by atoms with Crippen molar-refractivity contribution in [2.45, 2.75) is 40.2 Å². The smallest absolute Gasteiger partial charge is 0.167 e. The summed E-state index contributed by atoms with van der Waals surface area (Å²) in [6.45, 7) is 9.48. The first-order chi connectivity index (χ1) is 18.4. The third-order valence-corrected chi connectivity index (χ3v) is 6.90. The number of phenolic OH excluding ortho intramolecular Hbond substituents is 4. The van der Waals surface area contributed by atoms with Gasteiger partial charge in [-0.2, -0.15) is 0 Å². The molecule has 9 nitrogen and oxygen atoms in total. The molecule has 0 aliphatic rings. The zero-order valence-corrected chi connectivity index (χ0v) is 22.6. The van der Waals surface area contributed by atoms with Gasteiger partial charge in [0.05, 0.1) is 18.2 Å². The molecule has 0 aliphatic carbocycles. The molecule has 0 unspecified atom stereocenters. The van der Waals surface area contributed by atoms with E-state index in [-0.39, 0.29) is 51.3 Å². The lowest BCUT2D eigenvalue weighted by atomic mass is 10.1. The summed E-state index contributed by atoms with van der Waals surface area (Å²) in [5.74, 6) is 0.845. The van der Waals surface area contributed by atoms with Crippen LogP contribution in [-0.4, -0.2) is 47.1 Å². The molecule has 9 heteroatoms. The fraction of sp³-hybridized carbons (Fsp3) is 0.233. The first-order valence-corrected chi connectivity index (χ1v) is 12.4. The van der Waals surface area contributed by atoms with Gasteiger partial charge in [-0.15, -0.1) is 0 Å². The molecule has 0 amide bonds. The largest absolute Gasteiger partial charge is 0.508 e. The fourth-order valence-electron chi connectivity index (χ4n) is 4.55. The number of benzene rings is 3. The Kier molecular flexibility index (Phi) is 6.09. The summed E-state index contributed by atoms with van der Waals surface area (Å²) in [5.41, 5.74) is 2.55. The molecule has 0 spiro atoms. The summed E-state index contributed by atoms with van der Waals surface area (Å²) in [6, 6.07) is 11.8. The van der Waals surface area contributed by atoms with Gasteiger partial charge in [0.1, 0.15) is 28.7 Å². The Morgan fingerprint density at radius 1 is 0.692 bits per heavy atom. The van der Waals surface area contributed by atoms with Gasteiger partial charge >= 0.3 is 0 Å². The van der Waals surface area contributed by atoms with Gasteiger partial charge in [0.2, 0.25) is 0 Å². The number of aromatic nitrogens is 4. The second-order valence-corrected chi connectivity index (χ2v) is 10.5. The van der Waals surface area contributed by atoms with Gasteiger partial charge in [-0.1, -0.05) is 0 Å². The van der Waals surface area contributed by atoms with Crippen molar-refractivity contribution in [1.82, 2.24) is 19.5 Å². The predicted molar refractivity (Wildman–Crippen MR) is 149 cm³/mol. The second-order valence-electron chi connectivity index (χ2n) is 10.5. The highest BCUT2D eigenvalue weighted by Crippen LogP contribution is 2.41. The van der Waals surface area contributed by atoms with Gasteiger partial charge in [0, 0.05) is 39.3 Å². The highest BCUT2D eigenvalue weighted by Gasteiger charge is 2.24. The monoisotopic (exact) mass is 526 g/mol. The van der Waals surface area contributed by atoms with Gasteiger partial charge in [-0.3, -0.25) is 0 Å². The Morgan fingerprint density at radius 2 is 1.18 bits per heavy atom. The third-order valence-electron chi connectivity index (χ3n) is 6.90. The van der Waals surface area contributed by atoms with Crippen molar-refractivity contribution in [3.05, 3.63) is 59.8 Å². The minimum atomic E-state index is -0.261. The highest BCUT2D eigenvalue weighted by atomic mass is 16.5. The maximum absolute atomic E-state index is 10.9. The zero-order valence-electron chi connectivity index (χ0n) is 22.6. The van der Waals surface area contributed by atoms with E-state index in [1.807, 2.05) is 24.4 Å². The molecule has 2 heterocycles. The number of methoxy groups -OCH3 is 1. The highest BCUT2D eigenvalue weighted by molar-refractivity contribution is 5.96. The van der Waals surface area contributed by atoms with Crippen LogP contribution in [0, 0.1) is 13.8 Å². The van der Waals surface area contributed by atoms with Crippen LogP contribution < -0.4 is 4.74 Å². The Balaban J connectivity index is 1.86. The lowest BCUT2D eigenvalue weighted by molar-refractivity contribution is 0.409. The van der Waals surface area contributed by atoms with Gasteiger partial charge in [-0.25, -0.2) is 15.0 Å². The summed E-state index contributed by atoms with van der Waals surface area (Å²) < 4.78 is 7.63. The van der Waals surface area contributed by atoms with Crippen LogP contribution in [0.5, 0.6) is 28.7 Å². The molecule has 5 aromatic rings. The molecule has 0 radical (unpaired) electrons. The summed E-state index contributed by atoms with van der Waals surface area (Å²) in [7, 11) is 1.60. The van der Waals surface area contributed by atoms with Gasteiger partial charge in [0.15, 0.2) is 17.5 Å². The summed E-state index contributed by atoms with van der Waals surface area (Å²) in [5, 5.41) is 42.8. The SMILES string of the molecule is COc1ccc2c(c1)c(-c1nc(-c3ccc(O)c(C)c3O)nc(-c3ccc(O)c(C)c3O)n1)cn2C(C)(C)C. The van der Waals surface area contributed by atoms with Crippen LogP contribution in [0.25, 0.3) is 45.1 Å². The van der Waals surface area contributed by atoms with Crippen LogP contribution in [0.3, 0.4) is 0 Å². The van der Waals surface area contributed by atoms with Crippen LogP contribution in [0.2, 0.25) is 0 Å². The van der Waals surface area contributed by atoms with E-state index < -0.39 is 0 Å². The molecule has 2 aromatic heterocycles. The van der Waals surface area contributed by atoms with E-state index in [1.54, 1.807) is 21.0 Å². The lowest BCUT2D eigenvalue weighted by Gasteiger charge is -2.22. The molecule has 0 saturated carbocycles. The maximum Gasteiger partial charge on any atom is 0.167 e. The van der Waals surface area contributed by atoms with Gasteiger partial charge < -0.3 is 29.7 Å². The van der Waals surface area contributed by atoms with E-state index in [2.05, 4.69) is 30.3 Å². The Morgan fingerprint density at radius 3 is 1.64 bits per heavy atom. The first-order valence-electron chi connectivity index (χ1n) is 12.4. The number of nitrogens with zero attached hydrogens (tertiary/aromatic N) is 4. The summed E-state index contributed by atoms with van der Waals surface area (Å²) >= 11 is 0. The van der Waals surface area contributed by atoms with E-state index in [1.165, 1.54) is 24.3 Å². The molecule has 0 atom stereocenters. The minimum absolute atomic E-state index is 0.0575. The first kappa shape index (κ1) is 25.8. The number of ether oxygens (including phenoxy) is 1. The second kappa shape index (κ2) is 9.20. The predicted octanol–water partition coefficient (Wildman–Crippen LogP) is 6.03. The number of hydrogen-bond donors (Lipinski definition) is 4. The van der Waals surface area contributed by atoms with Crippen molar-refractivity contribution in [3.8, 4) is 62.9 Å². The lowest BCUT2D eigenvalue weighted by Crippen LogP contribution is -2.20. The molecule has 0 aliphatic heterocycles. The quantitative estimate of drug-likeness (QED) is 0.223. The van der Waals surface area contributed by atoms with E-state index >= 15 is 0 Å². The normalized spacial score (nSPS) is 11.7. The molecule has 4 N–H and O–H groups in total. The molecule has 0 fully saturated rings. The maximum atomic E-state index is 10.9. The Bertz CT molecular complexity index is 1680. The molecule has 5 rings (SSSR count). The van der Waals surface area contributed by atoms with Gasteiger partial charge in [-0.05, 0) is 77.1 Å². The van der Waals surface area contributed by atoms with Crippen molar-refractivity contribution in [3.63, 3.8) is 0 Å². The average molecular weight is 527 g/mol. The molecule has 39 heavy (non-hydrogen) atoms. The summed E-state index contributed by atoms with van der Waals surface area (Å²) in [4.78, 5) is 14.1. The number of phenols is 4. The van der Waals surface area contributed by atoms with Crippen molar-refractivity contribution in [2.75, 3.05) is 7.11 Å². The van der Waals surface area contributed by atoms with Crippen LogP contribution in [0.15, 0.2) is 48.7 Å². The minimum Gasteiger partial charge on any atom is -0.508 e. The Labute approximate surface area is 225 Å². The van der Waals surface area contributed by atoms with Gasteiger partial charge in [0.25, 0.3) is 0 Å². The number of aromatic hydroxyl groups is 4. The number of hydrogen-bond acceptors (Lipinski definition) is 8. The molecular weight excluding hydrogens is 496 g/mol. The number of rotatable bonds is 4. The van der Waals surface area contributed by atoms with E-state index in [0.717, 1.165) is 10.9 Å². The van der Waals surface area contributed by atoms with Crippen LogP contribution >= 0.6 is 0 Å². The van der Waals surface area contributed by atoms with Crippen LogP contribution in [0.4, 0.5) is 0 Å². The Hall–Kier alpha value is -4.79. The molecule has 3 aromatic carbocycles. The van der Waals surface area contributed by atoms with Crippen molar-refractivity contribution >= 4 is 10.9 Å². The van der Waals surface area contributed by atoms with Crippen LogP contribution in [0.1, 0.15) is 31.9 Å². The van der Waals surface area contributed by atoms with E-state index in [4.69, 9.17) is 14.7 Å². The molecule has 0 bridgehead atoms. The van der Waals surface area contributed by atoms with E-state index in [0.29, 0.717) is 28.3 Å². The fourth-order valence-corrected chi connectivity index (χ4v) is 4.55. The van der Waals surface area contributed by atoms with Crippen molar-refractivity contribution in [1.29, 1.82) is 0 Å². The molecule has 0 saturated heterocycles. The van der Waals surface area contributed by atoms with Crippen molar-refractivity contribution < 1.29 is 25.2 Å². The summed E-state index contributed by atoms with van der Waals surface area (Å²) in [6.07, 6.45) is 1.97. The average Bonchev–Trinajstić information content (AvgIpc) is 3.30. The zero-order chi connectivity index (χ0) is 28.2. The third kappa shape index (κ3) is 4.35. The standard InChI is InChI=1S/C30H30N4O5/c1-15-23(35)11-8-18(25(15)37)27-31-28(19-9-12-24(36)16(2)26(19)38)33-29(32-27)21-14-34(30(3,4)5)22-10-7-17(39-6)13-20(21)22/h7-14,35-38H,1-6H3. The van der Waals surface area contributed by atoms with Crippen molar-refractivity contribution in [2.24, 2.45) is 0 Å². The molecular formula is C30H30N4O5. The number of fused-ring (bicyclic) bond motifs is 1. The molecule has 200 valence electrons. The van der Waals surface area contributed by atoms with E-state index in [9.17, 15) is 20.4 Å². The topological polar surface area (TPSA) is 134 Å². The van der Waals surface area contributed by atoms with Crippen LogP contribution in [-0.2, 0) is 5.54 Å².